The van der Waals surface area contributed by atoms with Crippen molar-refractivity contribution in [2.24, 2.45) is 0 Å². The van der Waals surface area contributed by atoms with Crippen LogP contribution >= 0.6 is 23.8 Å². The summed E-state index contributed by atoms with van der Waals surface area (Å²) in [7, 11) is 1.62. The predicted molar refractivity (Wildman–Crippen MR) is 94.9 cm³/mol. The fraction of sp³-hybridized carbons (Fsp3) is 0.235. The van der Waals surface area contributed by atoms with Crippen LogP contribution in [0.15, 0.2) is 42.5 Å². The summed E-state index contributed by atoms with van der Waals surface area (Å²) in [6.07, 6.45) is 2.13. The minimum absolute atomic E-state index is 0.251. The molecule has 0 heterocycles. The van der Waals surface area contributed by atoms with Crippen LogP contribution in [0.3, 0.4) is 0 Å². The van der Waals surface area contributed by atoms with Gasteiger partial charge in [0.05, 0.1) is 18.8 Å². The van der Waals surface area contributed by atoms with Crippen molar-refractivity contribution >= 4 is 34.6 Å². The van der Waals surface area contributed by atoms with Crippen LogP contribution < -0.4 is 15.4 Å². The lowest BCUT2D eigenvalue weighted by Crippen LogP contribution is -2.31. The Morgan fingerprint density at radius 2 is 2.09 bits per heavy atom. The molecule has 22 heavy (non-hydrogen) atoms. The third-order valence-electron chi connectivity index (χ3n) is 3.85. The number of aryl methyl sites for hydroxylation is 1. The Balaban J connectivity index is 1.70. The Labute approximate surface area is 140 Å². The first-order chi connectivity index (χ1) is 10.7. The van der Waals surface area contributed by atoms with Crippen molar-refractivity contribution in [3.63, 3.8) is 0 Å². The van der Waals surface area contributed by atoms with Gasteiger partial charge in [0.15, 0.2) is 5.11 Å². The van der Waals surface area contributed by atoms with Gasteiger partial charge in [-0.25, -0.2) is 0 Å². The summed E-state index contributed by atoms with van der Waals surface area (Å²) >= 11 is 11.5. The number of methoxy groups -OCH3 is 1. The van der Waals surface area contributed by atoms with Gasteiger partial charge in [-0.3, -0.25) is 0 Å². The quantitative estimate of drug-likeness (QED) is 0.820. The van der Waals surface area contributed by atoms with Gasteiger partial charge in [0, 0.05) is 5.02 Å². The van der Waals surface area contributed by atoms with Gasteiger partial charge >= 0.3 is 0 Å². The van der Waals surface area contributed by atoms with Crippen LogP contribution in [0.1, 0.15) is 23.6 Å². The molecule has 3 rings (SSSR count). The number of anilines is 1. The highest BCUT2D eigenvalue weighted by Gasteiger charge is 2.22. The highest BCUT2D eigenvalue weighted by Crippen LogP contribution is 2.31. The summed E-state index contributed by atoms with van der Waals surface area (Å²) in [6.45, 7) is 0. The minimum atomic E-state index is 0.251. The Morgan fingerprint density at radius 1 is 1.27 bits per heavy atom. The van der Waals surface area contributed by atoms with Crippen molar-refractivity contribution in [2.45, 2.75) is 18.9 Å². The molecule has 3 nitrogen and oxygen atoms in total. The molecular formula is C17H17ClN2OS. The summed E-state index contributed by atoms with van der Waals surface area (Å²) in [6, 6.07) is 14.1. The van der Waals surface area contributed by atoms with Gasteiger partial charge in [-0.15, -0.1) is 0 Å². The summed E-state index contributed by atoms with van der Waals surface area (Å²) < 4.78 is 5.32. The van der Waals surface area contributed by atoms with Crippen LogP contribution in [-0.2, 0) is 6.42 Å². The number of nitrogens with one attached hydrogen (secondary N) is 2. The van der Waals surface area contributed by atoms with E-state index < -0.39 is 0 Å². The molecule has 0 amide bonds. The van der Waals surface area contributed by atoms with E-state index in [1.807, 2.05) is 6.07 Å². The fourth-order valence-corrected chi connectivity index (χ4v) is 3.23. The summed E-state index contributed by atoms with van der Waals surface area (Å²) in [5.74, 6) is 0.709. The largest absolute Gasteiger partial charge is 0.495 e. The Hall–Kier alpha value is -1.78. The first kappa shape index (κ1) is 15.1. The predicted octanol–water partition coefficient (Wildman–Crippen LogP) is 4.32. The Morgan fingerprint density at radius 3 is 2.91 bits per heavy atom. The molecule has 0 aliphatic heterocycles. The van der Waals surface area contributed by atoms with Crippen molar-refractivity contribution in [3.8, 4) is 5.75 Å². The lowest BCUT2D eigenvalue weighted by molar-refractivity contribution is 0.417. The number of hydrogen-bond donors (Lipinski definition) is 2. The molecule has 0 bridgehead atoms. The summed E-state index contributed by atoms with van der Waals surface area (Å²) in [5, 5.41) is 7.75. The smallest absolute Gasteiger partial charge is 0.171 e. The number of hydrogen-bond acceptors (Lipinski definition) is 2. The molecule has 1 atom stereocenters. The van der Waals surface area contributed by atoms with Gasteiger partial charge in [-0.05, 0) is 54.4 Å². The maximum absolute atomic E-state index is 6.04. The van der Waals surface area contributed by atoms with Crippen LogP contribution in [0.2, 0.25) is 5.02 Å². The van der Waals surface area contributed by atoms with Crippen LogP contribution in [-0.4, -0.2) is 12.2 Å². The molecule has 0 radical (unpaired) electrons. The molecule has 2 aromatic carbocycles. The number of halogens is 1. The average Bonchev–Trinajstić information content (AvgIpc) is 2.91. The number of thiocarbonyl (C=S) groups is 1. The molecule has 114 valence electrons. The lowest BCUT2D eigenvalue weighted by Gasteiger charge is -2.18. The Kier molecular flexibility index (Phi) is 4.50. The van der Waals surface area contributed by atoms with Crippen molar-refractivity contribution in [2.75, 3.05) is 12.4 Å². The topological polar surface area (TPSA) is 33.3 Å². The number of ether oxygens (including phenoxy) is 1. The molecule has 1 unspecified atom stereocenters. The van der Waals surface area contributed by atoms with E-state index in [9.17, 15) is 0 Å². The Bertz CT molecular complexity index is 705. The van der Waals surface area contributed by atoms with Crippen LogP contribution in [0.5, 0.6) is 5.75 Å². The van der Waals surface area contributed by atoms with E-state index in [1.54, 1.807) is 19.2 Å². The van der Waals surface area contributed by atoms with Gasteiger partial charge in [-0.1, -0.05) is 35.9 Å². The van der Waals surface area contributed by atoms with Crippen molar-refractivity contribution in [1.82, 2.24) is 5.32 Å². The van der Waals surface area contributed by atoms with E-state index in [0.29, 0.717) is 15.9 Å². The van der Waals surface area contributed by atoms with Crippen molar-refractivity contribution < 1.29 is 4.74 Å². The first-order valence-electron chi connectivity index (χ1n) is 7.16. The van der Waals surface area contributed by atoms with Crippen LogP contribution in [0.25, 0.3) is 0 Å². The monoisotopic (exact) mass is 332 g/mol. The summed E-state index contributed by atoms with van der Waals surface area (Å²) in [5.41, 5.74) is 3.48. The van der Waals surface area contributed by atoms with E-state index in [-0.39, 0.29) is 6.04 Å². The molecule has 2 N–H and O–H groups in total. The van der Waals surface area contributed by atoms with Crippen molar-refractivity contribution in [1.29, 1.82) is 0 Å². The second-order valence-electron chi connectivity index (χ2n) is 5.23. The van der Waals surface area contributed by atoms with E-state index in [1.165, 1.54) is 11.1 Å². The molecular weight excluding hydrogens is 316 g/mol. The maximum Gasteiger partial charge on any atom is 0.171 e. The molecule has 1 aliphatic carbocycles. The zero-order chi connectivity index (χ0) is 15.5. The summed E-state index contributed by atoms with van der Waals surface area (Å²) in [4.78, 5) is 0. The van der Waals surface area contributed by atoms with Crippen LogP contribution in [0.4, 0.5) is 5.69 Å². The molecule has 0 fully saturated rings. The molecule has 0 saturated heterocycles. The van der Waals surface area contributed by atoms with E-state index in [0.717, 1.165) is 18.5 Å². The SMILES string of the molecule is COc1ccc(Cl)cc1NC(=S)NC1CCc2ccccc21. The standard InChI is InChI=1S/C17H17ClN2OS/c1-21-16-9-7-12(18)10-15(16)20-17(22)19-14-8-6-11-4-2-3-5-13(11)14/h2-5,7,9-10,14H,6,8H2,1H3,(H2,19,20,22). The molecule has 2 aromatic rings. The number of rotatable bonds is 3. The molecule has 1 aliphatic rings. The second-order valence-corrected chi connectivity index (χ2v) is 6.08. The van der Waals surface area contributed by atoms with E-state index in [4.69, 9.17) is 28.6 Å². The van der Waals surface area contributed by atoms with E-state index in [2.05, 4.69) is 34.9 Å². The fourth-order valence-electron chi connectivity index (χ4n) is 2.80. The molecule has 0 spiro atoms. The molecule has 0 saturated carbocycles. The minimum Gasteiger partial charge on any atom is -0.495 e. The van der Waals surface area contributed by atoms with Crippen LogP contribution in [0, 0.1) is 0 Å². The molecule has 0 aromatic heterocycles. The molecule has 5 heteroatoms. The van der Waals surface area contributed by atoms with E-state index >= 15 is 0 Å². The zero-order valence-corrected chi connectivity index (χ0v) is 13.8. The highest BCUT2D eigenvalue weighted by atomic mass is 35.5. The first-order valence-corrected chi connectivity index (χ1v) is 7.95. The lowest BCUT2D eigenvalue weighted by atomic mass is 10.1. The van der Waals surface area contributed by atoms with Gasteiger partial charge in [0.1, 0.15) is 5.75 Å². The number of benzene rings is 2. The zero-order valence-electron chi connectivity index (χ0n) is 12.2. The maximum atomic E-state index is 6.04. The second kappa shape index (κ2) is 6.55. The van der Waals surface area contributed by atoms with Gasteiger partial charge in [-0.2, -0.15) is 0 Å². The highest BCUT2D eigenvalue weighted by molar-refractivity contribution is 7.80. The third-order valence-corrected chi connectivity index (χ3v) is 4.30. The van der Waals surface area contributed by atoms with Gasteiger partial charge in [0.25, 0.3) is 0 Å². The number of fused-ring (bicyclic) bond motifs is 1. The normalized spacial score (nSPS) is 16.0. The van der Waals surface area contributed by atoms with Crippen molar-refractivity contribution in [3.05, 3.63) is 58.6 Å². The average molecular weight is 333 g/mol. The van der Waals surface area contributed by atoms with Gasteiger partial charge in [0.2, 0.25) is 0 Å². The third kappa shape index (κ3) is 3.18. The van der Waals surface area contributed by atoms with Gasteiger partial charge < -0.3 is 15.4 Å².